The van der Waals surface area contributed by atoms with E-state index in [1.807, 2.05) is 29.7 Å². The van der Waals surface area contributed by atoms with Crippen LogP contribution in [0.25, 0.3) is 21.8 Å². The van der Waals surface area contributed by atoms with Gasteiger partial charge in [0, 0.05) is 18.8 Å². The average Bonchev–Trinajstić information content (AvgIpc) is 3.50. The highest BCUT2D eigenvalue weighted by Gasteiger charge is 2.30. The van der Waals surface area contributed by atoms with E-state index in [9.17, 15) is 9.59 Å². The number of nitrogens with zero attached hydrogens (tertiary/aromatic N) is 4. The lowest BCUT2D eigenvalue weighted by atomic mass is 10.1. The molecule has 1 aliphatic rings. The molecular formula is C21H20ClN7O2. The second-order valence-electron chi connectivity index (χ2n) is 7.64. The second-order valence-corrected chi connectivity index (χ2v) is 8.05. The van der Waals surface area contributed by atoms with E-state index in [2.05, 4.69) is 30.8 Å². The second kappa shape index (κ2) is 7.35. The van der Waals surface area contributed by atoms with Gasteiger partial charge >= 0.3 is 0 Å². The van der Waals surface area contributed by atoms with Crippen molar-refractivity contribution in [2.45, 2.75) is 31.8 Å². The molecule has 1 aliphatic carbocycles. The predicted molar refractivity (Wildman–Crippen MR) is 119 cm³/mol. The first kappa shape index (κ1) is 19.5. The molecular weight excluding hydrogens is 418 g/mol. The third-order valence-corrected chi connectivity index (χ3v) is 5.88. The predicted octanol–water partition coefficient (Wildman–Crippen LogP) is 3.19. The van der Waals surface area contributed by atoms with Crippen LogP contribution in [0.3, 0.4) is 0 Å². The fourth-order valence-corrected chi connectivity index (χ4v) is 4.19. The number of benzene rings is 1. The molecule has 1 amide bonds. The van der Waals surface area contributed by atoms with Gasteiger partial charge in [-0.25, -0.2) is 9.97 Å². The van der Waals surface area contributed by atoms with E-state index in [0.717, 1.165) is 23.9 Å². The van der Waals surface area contributed by atoms with Crippen LogP contribution in [0.1, 0.15) is 48.0 Å². The zero-order chi connectivity index (χ0) is 21.7. The quantitative estimate of drug-likeness (QED) is 0.441. The maximum Gasteiger partial charge on any atom is 0.272 e. The summed E-state index contributed by atoms with van der Waals surface area (Å²) in [5, 5.41) is 15.0. The number of pyridine rings is 1. The van der Waals surface area contributed by atoms with Crippen LogP contribution in [-0.4, -0.2) is 37.7 Å². The average molecular weight is 438 g/mol. The van der Waals surface area contributed by atoms with Crippen LogP contribution in [0.2, 0.25) is 5.02 Å². The fourth-order valence-electron chi connectivity index (χ4n) is 3.93. The first-order chi connectivity index (χ1) is 15.0. The van der Waals surface area contributed by atoms with Crippen molar-refractivity contribution < 1.29 is 4.79 Å². The highest BCUT2D eigenvalue weighted by atomic mass is 35.5. The molecule has 1 atom stereocenters. The Kier molecular flexibility index (Phi) is 4.62. The molecule has 0 saturated heterocycles. The molecule has 158 valence electrons. The Morgan fingerprint density at radius 3 is 2.84 bits per heavy atom. The summed E-state index contributed by atoms with van der Waals surface area (Å²) >= 11 is 6.34. The van der Waals surface area contributed by atoms with Gasteiger partial charge in [-0.1, -0.05) is 23.7 Å². The molecule has 5 rings (SSSR count). The number of amides is 1. The lowest BCUT2D eigenvalue weighted by Gasteiger charge is -2.21. The van der Waals surface area contributed by atoms with Crippen LogP contribution in [0.15, 0.2) is 35.4 Å². The summed E-state index contributed by atoms with van der Waals surface area (Å²) in [6.07, 6.45) is 3.31. The first-order valence-electron chi connectivity index (χ1n) is 10.0. The Morgan fingerprint density at radius 1 is 1.29 bits per heavy atom. The molecule has 0 bridgehead atoms. The Bertz CT molecular complexity index is 1390. The van der Waals surface area contributed by atoms with Crippen molar-refractivity contribution in [1.29, 1.82) is 0 Å². The van der Waals surface area contributed by atoms with Crippen LogP contribution in [0.4, 0.5) is 5.82 Å². The maximum atomic E-state index is 13.3. The lowest BCUT2D eigenvalue weighted by Crippen LogP contribution is -2.26. The van der Waals surface area contributed by atoms with Gasteiger partial charge in [-0.2, -0.15) is 5.10 Å². The summed E-state index contributed by atoms with van der Waals surface area (Å²) in [5.74, 6) is 0.123. The molecule has 3 aromatic heterocycles. The van der Waals surface area contributed by atoms with Crippen molar-refractivity contribution in [1.82, 2.24) is 30.0 Å². The Hall–Kier alpha value is -3.46. The third-order valence-electron chi connectivity index (χ3n) is 5.57. The number of hydrogen-bond donors (Lipinski definition) is 3. The maximum absolute atomic E-state index is 13.3. The largest absolute Gasteiger partial charge is 0.361 e. The molecule has 0 radical (unpaired) electrons. The standard InChI is InChI=1S/C21H20ClN7O2/c1-10(26-18-16-17(20(30)23-2)27-28-19(16)25-9-24-18)14-8-11-4-3-5-13(22)15(11)21(31)29(14)12-6-7-12/h3-5,8-10,12H,6-7H2,1-2H3,(H,23,30)(H2,24,25,26,27,28)/t10-/m0/s1. The van der Waals surface area contributed by atoms with E-state index in [1.54, 1.807) is 6.07 Å². The molecule has 1 aromatic carbocycles. The van der Waals surface area contributed by atoms with Crippen molar-refractivity contribution in [2.75, 3.05) is 12.4 Å². The van der Waals surface area contributed by atoms with Gasteiger partial charge in [-0.05, 0) is 37.3 Å². The van der Waals surface area contributed by atoms with E-state index in [4.69, 9.17) is 11.6 Å². The Labute approximate surface area is 181 Å². The van der Waals surface area contributed by atoms with E-state index < -0.39 is 0 Å². The van der Waals surface area contributed by atoms with Crippen molar-refractivity contribution >= 4 is 45.1 Å². The van der Waals surface area contributed by atoms with E-state index in [0.29, 0.717) is 27.3 Å². The molecule has 10 heteroatoms. The minimum absolute atomic E-state index is 0.0866. The summed E-state index contributed by atoms with van der Waals surface area (Å²) in [7, 11) is 1.54. The van der Waals surface area contributed by atoms with Crippen molar-refractivity contribution in [3.63, 3.8) is 0 Å². The molecule has 0 unspecified atom stereocenters. The number of aromatic nitrogens is 5. The number of carbonyl (C=O) groups is 1. The van der Waals surface area contributed by atoms with Crippen molar-refractivity contribution in [3.8, 4) is 0 Å². The van der Waals surface area contributed by atoms with Crippen molar-refractivity contribution in [3.05, 3.63) is 57.4 Å². The molecule has 9 nitrogen and oxygen atoms in total. The highest BCUT2D eigenvalue weighted by Crippen LogP contribution is 2.38. The number of halogens is 1. The number of rotatable bonds is 5. The minimum Gasteiger partial charge on any atom is -0.361 e. The lowest BCUT2D eigenvalue weighted by molar-refractivity contribution is 0.0959. The molecule has 1 saturated carbocycles. The van der Waals surface area contributed by atoms with E-state index in [1.165, 1.54) is 13.4 Å². The zero-order valence-electron chi connectivity index (χ0n) is 16.9. The smallest absolute Gasteiger partial charge is 0.272 e. The summed E-state index contributed by atoms with van der Waals surface area (Å²) in [4.78, 5) is 34.1. The normalized spacial score (nSPS) is 14.7. The van der Waals surface area contributed by atoms with Gasteiger partial charge in [-0.3, -0.25) is 14.7 Å². The van der Waals surface area contributed by atoms with Gasteiger partial charge < -0.3 is 15.2 Å². The van der Waals surface area contributed by atoms with Gasteiger partial charge in [0.1, 0.15) is 12.1 Å². The first-order valence-corrected chi connectivity index (χ1v) is 10.4. The SMILES string of the molecule is CNC(=O)c1n[nH]c2ncnc(N[C@@H](C)c3cc4cccc(Cl)c4c(=O)n3C3CC3)c12. The Balaban J connectivity index is 1.63. The number of H-pyrrole nitrogens is 1. The van der Waals surface area contributed by atoms with E-state index in [-0.39, 0.29) is 29.2 Å². The zero-order valence-corrected chi connectivity index (χ0v) is 17.7. The fraction of sp³-hybridized carbons (Fsp3) is 0.286. The van der Waals surface area contributed by atoms with Gasteiger partial charge in [0.05, 0.1) is 21.8 Å². The molecule has 3 heterocycles. The minimum atomic E-state index is -0.341. The van der Waals surface area contributed by atoms with Crippen molar-refractivity contribution in [2.24, 2.45) is 0 Å². The monoisotopic (exact) mass is 437 g/mol. The van der Waals surface area contributed by atoms with Gasteiger partial charge in [0.15, 0.2) is 11.3 Å². The van der Waals surface area contributed by atoms with Crippen LogP contribution in [-0.2, 0) is 0 Å². The van der Waals surface area contributed by atoms with Crippen LogP contribution in [0.5, 0.6) is 0 Å². The summed E-state index contributed by atoms with van der Waals surface area (Å²) in [6, 6.07) is 7.34. The molecule has 1 fully saturated rings. The molecule has 31 heavy (non-hydrogen) atoms. The van der Waals surface area contributed by atoms with E-state index >= 15 is 0 Å². The molecule has 4 aromatic rings. The number of aromatic amines is 1. The van der Waals surface area contributed by atoms with Gasteiger partial charge in [0.25, 0.3) is 11.5 Å². The molecule has 0 spiro atoms. The van der Waals surface area contributed by atoms with Crippen LogP contribution >= 0.6 is 11.6 Å². The van der Waals surface area contributed by atoms with Crippen LogP contribution < -0.4 is 16.2 Å². The molecule has 0 aliphatic heterocycles. The van der Waals surface area contributed by atoms with Gasteiger partial charge in [0.2, 0.25) is 0 Å². The topological polar surface area (TPSA) is 118 Å². The van der Waals surface area contributed by atoms with Crippen LogP contribution in [0, 0.1) is 0 Å². The number of fused-ring (bicyclic) bond motifs is 2. The number of carbonyl (C=O) groups excluding carboxylic acids is 1. The summed E-state index contributed by atoms with van der Waals surface area (Å²) in [6.45, 7) is 1.96. The molecule has 3 N–H and O–H groups in total. The van der Waals surface area contributed by atoms with Gasteiger partial charge in [-0.15, -0.1) is 0 Å². The number of nitrogens with one attached hydrogen (secondary N) is 3. The summed E-state index contributed by atoms with van der Waals surface area (Å²) in [5.41, 5.74) is 1.40. The highest BCUT2D eigenvalue weighted by molar-refractivity contribution is 6.35. The number of anilines is 1. The third kappa shape index (κ3) is 3.21. The Morgan fingerprint density at radius 2 is 2.10 bits per heavy atom. The summed E-state index contributed by atoms with van der Waals surface area (Å²) < 4.78 is 1.83. The number of hydrogen-bond acceptors (Lipinski definition) is 6.